The highest BCUT2D eigenvalue weighted by molar-refractivity contribution is 9.10. The van der Waals surface area contributed by atoms with Crippen molar-refractivity contribution in [3.8, 4) is 5.88 Å². The van der Waals surface area contributed by atoms with Crippen LogP contribution in [0.15, 0.2) is 10.8 Å². The van der Waals surface area contributed by atoms with Crippen LogP contribution in [0.2, 0.25) is 0 Å². The lowest BCUT2D eigenvalue weighted by atomic mass is 10.1. The van der Waals surface area contributed by atoms with Crippen molar-refractivity contribution in [3.05, 3.63) is 10.8 Å². The second kappa shape index (κ2) is 8.23. The summed E-state index contributed by atoms with van der Waals surface area (Å²) >= 11 is 3.34. The number of aliphatic hydroxyl groups excluding tert-OH is 1. The summed E-state index contributed by atoms with van der Waals surface area (Å²) in [5.41, 5.74) is -0.0443. The molecule has 0 aliphatic carbocycles. The second-order valence-electron chi connectivity index (χ2n) is 6.52. The first kappa shape index (κ1) is 18.4. The van der Waals surface area contributed by atoms with E-state index in [0.717, 1.165) is 13.1 Å². The van der Waals surface area contributed by atoms with Gasteiger partial charge in [-0.25, -0.2) is 9.97 Å². The van der Waals surface area contributed by atoms with Crippen molar-refractivity contribution >= 4 is 21.7 Å². The van der Waals surface area contributed by atoms with Gasteiger partial charge < -0.3 is 24.8 Å². The molecule has 0 bridgehead atoms. The predicted molar refractivity (Wildman–Crippen MR) is 92.0 cm³/mol. The zero-order valence-electron chi connectivity index (χ0n) is 13.9. The number of nitrogens with one attached hydrogen (secondary N) is 1. The Hall–Kier alpha value is -0.960. The van der Waals surface area contributed by atoms with E-state index in [4.69, 9.17) is 9.47 Å². The third-order valence-electron chi connectivity index (χ3n) is 3.28. The SMILES string of the molecule is CC(C)(C)NCC(O)COc1ncc(Br)nc1N1CCOCC1. The number of halogens is 1. The van der Waals surface area contributed by atoms with Crippen LogP contribution in [0.5, 0.6) is 5.88 Å². The number of nitrogens with zero attached hydrogens (tertiary/aromatic N) is 3. The average molecular weight is 389 g/mol. The number of anilines is 1. The van der Waals surface area contributed by atoms with Gasteiger partial charge in [-0.1, -0.05) is 0 Å². The molecule has 1 aliphatic rings. The second-order valence-corrected chi connectivity index (χ2v) is 7.33. The molecular formula is C15H25BrN4O3. The van der Waals surface area contributed by atoms with Gasteiger partial charge >= 0.3 is 0 Å². The molecule has 23 heavy (non-hydrogen) atoms. The first-order valence-electron chi connectivity index (χ1n) is 7.76. The third-order valence-corrected chi connectivity index (χ3v) is 3.67. The standard InChI is InChI=1S/C15H25BrN4O3/c1-15(2,3)18-8-11(21)10-23-14-13(19-12(16)9-17-14)20-4-6-22-7-5-20/h9,11,18,21H,4-8,10H2,1-3H3. The van der Waals surface area contributed by atoms with Crippen molar-refractivity contribution in [2.45, 2.75) is 32.4 Å². The Bertz CT molecular complexity index is 504. The molecule has 7 nitrogen and oxygen atoms in total. The molecule has 8 heteroatoms. The summed E-state index contributed by atoms with van der Waals surface area (Å²) in [6.07, 6.45) is 0.983. The van der Waals surface area contributed by atoms with E-state index in [1.165, 1.54) is 0 Å². The molecule has 1 aromatic heterocycles. The number of ether oxygens (including phenoxy) is 2. The molecule has 1 unspecified atom stereocenters. The Labute approximate surface area is 145 Å². The lowest BCUT2D eigenvalue weighted by molar-refractivity contribution is 0.0967. The molecule has 1 aliphatic heterocycles. The van der Waals surface area contributed by atoms with Gasteiger partial charge in [-0.3, -0.25) is 0 Å². The molecule has 2 heterocycles. The van der Waals surface area contributed by atoms with E-state index in [0.29, 0.717) is 36.1 Å². The van der Waals surface area contributed by atoms with Gasteiger partial charge in [0.15, 0.2) is 5.82 Å². The Morgan fingerprint density at radius 3 is 2.78 bits per heavy atom. The number of morpholine rings is 1. The molecule has 1 aromatic rings. The number of hydrogen-bond acceptors (Lipinski definition) is 7. The fourth-order valence-corrected chi connectivity index (χ4v) is 2.36. The van der Waals surface area contributed by atoms with Crippen LogP contribution < -0.4 is 15.0 Å². The molecule has 130 valence electrons. The maximum Gasteiger partial charge on any atom is 0.257 e. The van der Waals surface area contributed by atoms with Crippen LogP contribution in [0.25, 0.3) is 0 Å². The minimum atomic E-state index is -0.614. The first-order chi connectivity index (χ1) is 10.8. The molecule has 1 atom stereocenters. The number of aromatic nitrogens is 2. The third kappa shape index (κ3) is 6.21. The quantitative estimate of drug-likeness (QED) is 0.757. The molecule has 2 N–H and O–H groups in total. The van der Waals surface area contributed by atoms with E-state index in [9.17, 15) is 5.11 Å². The molecule has 1 fully saturated rings. The van der Waals surface area contributed by atoms with E-state index in [-0.39, 0.29) is 12.1 Å². The van der Waals surface area contributed by atoms with Crippen molar-refractivity contribution in [2.24, 2.45) is 0 Å². The number of β-amino-alcohol motifs (C(OH)–C–C–N with tert-alkyl or cyclic N) is 1. The fraction of sp³-hybridized carbons (Fsp3) is 0.733. The van der Waals surface area contributed by atoms with Crippen LogP contribution in [0.1, 0.15) is 20.8 Å². The highest BCUT2D eigenvalue weighted by Crippen LogP contribution is 2.26. The Morgan fingerprint density at radius 2 is 2.13 bits per heavy atom. The maximum atomic E-state index is 10.1. The van der Waals surface area contributed by atoms with Crippen molar-refractivity contribution in [3.63, 3.8) is 0 Å². The zero-order valence-corrected chi connectivity index (χ0v) is 15.5. The molecule has 0 aromatic carbocycles. The monoisotopic (exact) mass is 388 g/mol. The van der Waals surface area contributed by atoms with Gasteiger partial charge in [0.25, 0.3) is 5.88 Å². The summed E-state index contributed by atoms with van der Waals surface area (Å²) in [7, 11) is 0. The predicted octanol–water partition coefficient (Wildman–Crippen LogP) is 1.20. The fourth-order valence-electron chi connectivity index (χ4n) is 2.09. The van der Waals surface area contributed by atoms with Gasteiger partial charge in [-0.2, -0.15) is 0 Å². The molecule has 0 radical (unpaired) electrons. The Balaban J connectivity index is 1.96. The number of hydrogen-bond donors (Lipinski definition) is 2. The van der Waals surface area contributed by atoms with Crippen LogP contribution >= 0.6 is 15.9 Å². The smallest absolute Gasteiger partial charge is 0.257 e. The van der Waals surface area contributed by atoms with Crippen molar-refractivity contribution < 1.29 is 14.6 Å². The van der Waals surface area contributed by atoms with Crippen LogP contribution in [-0.2, 0) is 4.74 Å². The minimum absolute atomic E-state index is 0.0443. The lowest BCUT2D eigenvalue weighted by Gasteiger charge is -2.29. The zero-order chi connectivity index (χ0) is 16.9. The summed E-state index contributed by atoms with van der Waals surface area (Å²) in [6, 6.07) is 0. The van der Waals surface area contributed by atoms with Crippen molar-refractivity contribution in [1.82, 2.24) is 15.3 Å². The summed E-state index contributed by atoms with van der Waals surface area (Å²) < 4.78 is 11.7. The molecule has 0 spiro atoms. The topological polar surface area (TPSA) is 79.7 Å². The minimum Gasteiger partial charge on any atom is -0.472 e. The van der Waals surface area contributed by atoms with Gasteiger partial charge in [0.2, 0.25) is 0 Å². The van der Waals surface area contributed by atoms with E-state index >= 15 is 0 Å². The maximum absolute atomic E-state index is 10.1. The Kier molecular flexibility index (Phi) is 6.58. The van der Waals surface area contributed by atoms with Gasteiger partial charge in [0.1, 0.15) is 17.3 Å². The van der Waals surface area contributed by atoms with E-state index in [1.54, 1.807) is 6.20 Å². The average Bonchev–Trinajstić information content (AvgIpc) is 2.52. The van der Waals surface area contributed by atoms with Gasteiger partial charge in [0.05, 0.1) is 19.4 Å². The van der Waals surface area contributed by atoms with E-state index in [1.807, 2.05) is 0 Å². The molecule has 0 amide bonds. The summed E-state index contributed by atoms with van der Waals surface area (Å²) in [5.74, 6) is 1.11. The van der Waals surface area contributed by atoms with Crippen LogP contribution in [0.4, 0.5) is 5.82 Å². The normalized spacial score (nSPS) is 17.2. The Morgan fingerprint density at radius 1 is 1.43 bits per heavy atom. The van der Waals surface area contributed by atoms with Crippen LogP contribution in [0.3, 0.4) is 0 Å². The van der Waals surface area contributed by atoms with Gasteiger partial charge in [-0.15, -0.1) is 0 Å². The van der Waals surface area contributed by atoms with Crippen LogP contribution in [0, 0.1) is 0 Å². The lowest BCUT2D eigenvalue weighted by Crippen LogP contribution is -2.42. The van der Waals surface area contributed by atoms with E-state index in [2.05, 4.69) is 56.9 Å². The van der Waals surface area contributed by atoms with Crippen molar-refractivity contribution in [1.29, 1.82) is 0 Å². The van der Waals surface area contributed by atoms with Gasteiger partial charge in [0, 0.05) is 25.2 Å². The summed E-state index contributed by atoms with van der Waals surface area (Å²) in [4.78, 5) is 10.8. The number of rotatable bonds is 6. The van der Waals surface area contributed by atoms with Crippen LogP contribution in [-0.4, -0.2) is 66.2 Å². The largest absolute Gasteiger partial charge is 0.472 e. The van der Waals surface area contributed by atoms with Gasteiger partial charge in [-0.05, 0) is 36.7 Å². The summed E-state index contributed by atoms with van der Waals surface area (Å²) in [5, 5.41) is 13.3. The molecule has 1 saturated heterocycles. The number of aliphatic hydroxyl groups is 1. The highest BCUT2D eigenvalue weighted by Gasteiger charge is 2.20. The highest BCUT2D eigenvalue weighted by atomic mass is 79.9. The van der Waals surface area contributed by atoms with Crippen molar-refractivity contribution in [2.75, 3.05) is 44.4 Å². The first-order valence-corrected chi connectivity index (χ1v) is 8.55. The molecule has 0 saturated carbocycles. The molecular weight excluding hydrogens is 364 g/mol. The van der Waals surface area contributed by atoms with E-state index < -0.39 is 6.10 Å². The molecule has 2 rings (SSSR count). The summed E-state index contributed by atoms with van der Waals surface area (Å²) in [6.45, 7) is 9.59.